The Bertz CT molecular complexity index is 1420. The molecule has 0 bridgehead atoms. The van der Waals surface area contributed by atoms with Gasteiger partial charge >= 0.3 is 6.18 Å². The molecule has 0 spiro atoms. The summed E-state index contributed by atoms with van der Waals surface area (Å²) < 4.78 is 66.4. The highest BCUT2D eigenvalue weighted by atomic mass is 32.2. The summed E-state index contributed by atoms with van der Waals surface area (Å²) in [5, 5.41) is 3.88. The quantitative estimate of drug-likeness (QED) is 0.442. The zero-order valence-electron chi connectivity index (χ0n) is 20.9. The summed E-state index contributed by atoms with van der Waals surface area (Å²) in [5.74, 6) is 0.389. The molecule has 2 aromatic carbocycles. The Kier molecular flexibility index (Phi) is 7.90. The molecule has 13 heteroatoms. The molecule has 1 saturated heterocycles. The molecule has 0 aliphatic carbocycles. The van der Waals surface area contributed by atoms with Gasteiger partial charge in [-0.1, -0.05) is 32.0 Å². The number of nitrogens with one attached hydrogen (secondary N) is 1. The smallest absolute Gasteiger partial charge is 0.368 e. The highest BCUT2D eigenvalue weighted by Gasteiger charge is 2.34. The maximum Gasteiger partial charge on any atom is 0.416 e. The molecule has 1 amide bonds. The number of rotatable bonds is 8. The van der Waals surface area contributed by atoms with Gasteiger partial charge in [0.25, 0.3) is 0 Å². The number of primary amides is 1. The first kappa shape index (κ1) is 27.7. The molecular weight excluding hydrogens is 521 g/mol. The predicted octanol–water partition coefficient (Wildman–Crippen LogP) is 3.08. The van der Waals surface area contributed by atoms with Crippen molar-refractivity contribution >= 4 is 32.7 Å². The molecular formula is C25H29F3N6O3S. The third-order valence-corrected chi connectivity index (χ3v) is 8.31. The Morgan fingerprint density at radius 3 is 2.37 bits per heavy atom. The highest BCUT2D eigenvalue weighted by molar-refractivity contribution is 7.89. The minimum Gasteiger partial charge on any atom is -0.368 e. The molecule has 3 aromatic rings. The number of halogens is 3. The van der Waals surface area contributed by atoms with Crippen molar-refractivity contribution < 1.29 is 26.4 Å². The van der Waals surface area contributed by atoms with Crippen LogP contribution < -0.4 is 11.1 Å². The second kappa shape index (κ2) is 10.8. The minimum atomic E-state index is -4.63. The molecule has 9 nitrogen and oxygen atoms in total. The SMILES string of the molecule is CC(C)[C@H](Nc1nc(CN2CCN(S(=O)(=O)c3cccc(C(F)(F)F)c3)CC2)nc2ccccc12)C(N)=O. The Labute approximate surface area is 218 Å². The van der Waals surface area contributed by atoms with Crippen molar-refractivity contribution in [1.29, 1.82) is 0 Å². The van der Waals surface area contributed by atoms with Crippen LogP contribution in [0.25, 0.3) is 10.9 Å². The van der Waals surface area contributed by atoms with Crippen LogP contribution in [0.4, 0.5) is 19.0 Å². The maximum absolute atomic E-state index is 13.1. The van der Waals surface area contributed by atoms with E-state index >= 15 is 0 Å². The molecule has 4 rings (SSSR count). The summed E-state index contributed by atoms with van der Waals surface area (Å²) in [4.78, 5) is 22.8. The predicted molar refractivity (Wildman–Crippen MR) is 136 cm³/mol. The van der Waals surface area contributed by atoms with E-state index in [2.05, 4.69) is 15.3 Å². The second-order valence-electron chi connectivity index (χ2n) is 9.48. The molecule has 0 saturated carbocycles. The average Bonchev–Trinajstić information content (AvgIpc) is 2.86. The van der Waals surface area contributed by atoms with Crippen molar-refractivity contribution in [3.8, 4) is 0 Å². The lowest BCUT2D eigenvalue weighted by atomic mass is 10.0. The molecule has 0 unspecified atom stereocenters. The van der Waals surface area contributed by atoms with Crippen LogP contribution in [0.2, 0.25) is 0 Å². The van der Waals surface area contributed by atoms with Crippen molar-refractivity contribution in [3.63, 3.8) is 0 Å². The van der Waals surface area contributed by atoms with E-state index in [0.29, 0.717) is 42.9 Å². The molecule has 1 fully saturated rings. The van der Waals surface area contributed by atoms with Gasteiger partial charge in [0.05, 0.1) is 22.5 Å². The molecule has 1 aromatic heterocycles. The van der Waals surface area contributed by atoms with Gasteiger partial charge < -0.3 is 11.1 Å². The Hall–Kier alpha value is -3.29. The highest BCUT2D eigenvalue weighted by Crippen LogP contribution is 2.31. The number of aromatic nitrogens is 2. The van der Waals surface area contributed by atoms with E-state index in [1.807, 2.05) is 43.0 Å². The van der Waals surface area contributed by atoms with E-state index in [1.54, 1.807) is 0 Å². The number of para-hydroxylation sites is 1. The number of nitrogens with two attached hydrogens (primary N) is 1. The fourth-order valence-corrected chi connectivity index (χ4v) is 5.80. The summed E-state index contributed by atoms with van der Waals surface area (Å²) in [5.41, 5.74) is 5.24. The van der Waals surface area contributed by atoms with Gasteiger partial charge in [-0.3, -0.25) is 9.69 Å². The van der Waals surface area contributed by atoms with Crippen LogP contribution in [0.3, 0.4) is 0 Å². The summed E-state index contributed by atoms with van der Waals surface area (Å²) in [6.45, 7) is 4.96. The number of carbonyl (C=O) groups is 1. The normalized spacial score (nSPS) is 16.6. The number of fused-ring (bicyclic) bond motifs is 1. The van der Waals surface area contributed by atoms with Gasteiger partial charge in [-0.15, -0.1) is 0 Å². The first-order valence-electron chi connectivity index (χ1n) is 12.1. The van der Waals surface area contributed by atoms with E-state index in [0.717, 1.165) is 17.5 Å². The van der Waals surface area contributed by atoms with Gasteiger partial charge in [0.1, 0.15) is 17.7 Å². The van der Waals surface area contributed by atoms with Crippen LogP contribution in [0.1, 0.15) is 25.2 Å². The van der Waals surface area contributed by atoms with Crippen LogP contribution >= 0.6 is 0 Å². The Morgan fingerprint density at radius 2 is 1.74 bits per heavy atom. The van der Waals surface area contributed by atoms with Crippen molar-refractivity contribution in [3.05, 3.63) is 59.9 Å². The number of anilines is 1. The van der Waals surface area contributed by atoms with Crippen LogP contribution in [-0.2, 0) is 27.5 Å². The van der Waals surface area contributed by atoms with Gasteiger partial charge in [0.2, 0.25) is 15.9 Å². The van der Waals surface area contributed by atoms with E-state index in [4.69, 9.17) is 5.73 Å². The molecule has 0 radical (unpaired) electrons. The summed E-state index contributed by atoms with van der Waals surface area (Å²) in [7, 11) is -4.08. The lowest BCUT2D eigenvalue weighted by Gasteiger charge is -2.33. The second-order valence-corrected chi connectivity index (χ2v) is 11.4. The van der Waals surface area contributed by atoms with Crippen molar-refractivity contribution in [2.45, 2.75) is 37.5 Å². The van der Waals surface area contributed by atoms with Crippen LogP contribution in [-0.4, -0.2) is 65.7 Å². The number of alkyl halides is 3. The van der Waals surface area contributed by atoms with Crippen molar-refractivity contribution in [2.75, 3.05) is 31.5 Å². The topological polar surface area (TPSA) is 122 Å². The number of amides is 1. The average molecular weight is 551 g/mol. The molecule has 204 valence electrons. The van der Waals surface area contributed by atoms with Gasteiger partial charge in [-0.25, -0.2) is 18.4 Å². The summed E-state index contributed by atoms with van der Waals surface area (Å²) in [6, 6.07) is 10.5. The molecule has 1 atom stereocenters. The number of carbonyl (C=O) groups excluding carboxylic acids is 1. The van der Waals surface area contributed by atoms with Crippen LogP contribution in [0.5, 0.6) is 0 Å². The van der Waals surface area contributed by atoms with Gasteiger partial charge in [0, 0.05) is 31.6 Å². The lowest BCUT2D eigenvalue weighted by Crippen LogP contribution is -2.48. The third kappa shape index (κ3) is 6.05. The number of piperazine rings is 1. The lowest BCUT2D eigenvalue weighted by molar-refractivity contribution is -0.137. The molecule has 3 N–H and O–H groups in total. The number of nitrogens with zero attached hydrogens (tertiary/aromatic N) is 4. The number of sulfonamides is 1. The fraction of sp³-hybridized carbons (Fsp3) is 0.400. The number of hydrogen-bond donors (Lipinski definition) is 2. The van der Waals surface area contributed by atoms with Crippen molar-refractivity contribution in [2.24, 2.45) is 11.7 Å². The standard InChI is InChI=1S/C25H29F3N6O3S/c1-16(2)22(23(29)35)32-24-19-8-3-4-9-20(19)30-21(31-24)15-33-10-12-34(13-11-33)38(36,37)18-7-5-6-17(14-18)25(26,27)28/h3-9,14,16,22H,10-13,15H2,1-2H3,(H2,29,35)(H,30,31,32)/t22-/m0/s1. The Morgan fingerprint density at radius 1 is 1.05 bits per heavy atom. The molecule has 1 aliphatic rings. The van der Waals surface area contributed by atoms with E-state index in [-0.39, 0.29) is 23.9 Å². The van der Waals surface area contributed by atoms with E-state index < -0.39 is 33.7 Å². The monoisotopic (exact) mass is 550 g/mol. The van der Waals surface area contributed by atoms with Crippen LogP contribution in [0.15, 0.2) is 53.4 Å². The van der Waals surface area contributed by atoms with Crippen molar-refractivity contribution in [1.82, 2.24) is 19.2 Å². The molecule has 1 aliphatic heterocycles. The third-order valence-electron chi connectivity index (χ3n) is 6.41. The Balaban J connectivity index is 1.49. The minimum absolute atomic E-state index is 0.0727. The first-order valence-corrected chi connectivity index (χ1v) is 13.5. The zero-order chi connectivity index (χ0) is 27.7. The van der Waals surface area contributed by atoms with E-state index in [1.165, 1.54) is 10.4 Å². The van der Waals surface area contributed by atoms with Gasteiger partial charge in [0.15, 0.2) is 0 Å². The van der Waals surface area contributed by atoms with E-state index in [9.17, 15) is 26.4 Å². The largest absolute Gasteiger partial charge is 0.416 e. The summed E-state index contributed by atoms with van der Waals surface area (Å²) in [6.07, 6.45) is -4.63. The van der Waals surface area contributed by atoms with Gasteiger partial charge in [-0.2, -0.15) is 17.5 Å². The van der Waals surface area contributed by atoms with Crippen LogP contribution in [0, 0.1) is 5.92 Å². The molecule has 2 heterocycles. The first-order chi connectivity index (χ1) is 17.9. The summed E-state index contributed by atoms with van der Waals surface area (Å²) >= 11 is 0. The zero-order valence-corrected chi connectivity index (χ0v) is 21.8. The maximum atomic E-state index is 13.1. The van der Waals surface area contributed by atoms with Gasteiger partial charge in [-0.05, 0) is 36.2 Å². The number of benzene rings is 2. The fourth-order valence-electron chi connectivity index (χ4n) is 4.33. The molecule has 38 heavy (non-hydrogen) atoms. The number of hydrogen-bond acceptors (Lipinski definition) is 7.